The number of aliphatic hydroxyl groups is 1. The lowest BCUT2D eigenvalue weighted by Gasteiger charge is -2.18. The van der Waals surface area contributed by atoms with E-state index in [1.165, 1.54) is 0 Å². The van der Waals surface area contributed by atoms with Crippen molar-refractivity contribution in [3.63, 3.8) is 0 Å². The summed E-state index contributed by atoms with van der Waals surface area (Å²) in [4.78, 5) is 4.50. The zero-order valence-electron chi connectivity index (χ0n) is 10.1. The van der Waals surface area contributed by atoms with Crippen LogP contribution in [0.5, 0.6) is 5.75 Å². The molecule has 2 heterocycles. The number of rotatable bonds is 2. The summed E-state index contributed by atoms with van der Waals surface area (Å²) in [6, 6.07) is 7.15. The number of aliphatic hydroxyl groups excluding tert-OH is 1. The average Bonchev–Trinajstić information content (AvgIpc) is 2.76. The molecule has 3 rings (SSSR count). The van der Waals surface area contributed by atoms with Gasteiger partial charge in [0.15, 0.2) is 0 Å². The van der Waals surface area contributed by atoms with Crippen molar-refractivity contribution in [2.24, 2.45) is 0 Å². The second kappa shape index (κ2) is 4.46. The fourth-order valence-electron chi connectivity index (χ4n) is 2.42. The van der Waals surface area contributed by atoms with E-state index in [0.717, 1.165) is 42.9 Å². The summed E-state index contributed by atoms with van der Waals surface area (Å²) in [5.74, 6) is 1.06. The van der Waals surface area contributed by atoms with Gasteiger partial charge in [0.2, 0.25) is 0 Å². The van der Waals surface area contributed by atoms with Gasteiger partial charge >= 0.3 is 0 Å². The van der Waals surface area contributed by atoms with Crippen LogP contribution >= 0.6 is 0 Å². The third kappa shape index (κ3) is 2.11. The summed E-state index contributed by atoms with van der Waals surface area (Å²) in [5.41, 5.74) is 2.08. The average molecular weight is 244 g/mol. The molecule has 0 bridgehead atoms. The third-order valence-electron chi connectivity index (χ3n) is 3.35. The molecule has 0 fully saturated rings. The second-order valence-electron chi connectivity index (χ2n) is 4.79. The first-order chi connectivity index (χ1) is 8.72. The Balaban J connectivity index is 1.83. The minimum absolute atomic E-state index is 0.276. The maximum atomic E-state index is 9.86. The van der Waals surface area contributed by atoms with Crippen molar-refractivity contribution < 1.29 is 10.2 Å². The highest BCUT2D eigenvalue weighted by atomic mass is 16.3. The van der Waals surface area contributed by atoms with Gasteiger partial charge in [0.25, 0.3) is 0 Å². The van der Waals surface area contributed by atoms with Gasteiger partial charge in [-0.1, -0.05) is 12.1 Å². The molecule has 18 heavy (non-hydrogen) atoms. The molecule has 1 aromatic carbocycles. The minimum atomic E-state index is -0.424. The number of phenols is 1. The molecule has 0 spiro atoms. The molecule has 2 N–H and O–H groups in total. The Morgan fingerprint density at radius 3 is 2.78 bits per heavy atom. The first kappa shape index (κ1) is 11.3. The van der Waals surface area contributed by atoms with Gasteiger partial charge in [-0.15, -0.1) is 0 Å². The number of aryl methyl sites for hydroxylation is 1. The number of fused-ring (bicyclic) bond motifs is 1. The van der Waals surface area contributed by atoms with Crippen molar-refractivity contribution in [2.45, 2.75) is 31.9 Å². The SMILES string of the molecule is Oc1ccc(Cc2cn3c(n2)C(O)CCC3)cc1. The summed E-state index contributed by atoms with van der Waals surface area (Å²) in [6.45, 7) is 0.939. The number of hydrogen-bond acceptors (Lipinski definition) is 3. The number of imidazole rings is 1. The van der Waals surface area contributed by atoms with Crippen LogP contribution in [0, 0.1) is 0 Å². The highest BCUT2D eigenvalue weighted by Crippen LogP contribution is 2.25. The summed E-state index contributed by atoms with van der Waals surface area (Å²) in [7, 11) is 0. The molecule has 1 atom stereocenters. The molecule has 0 radical (unpaired) electrons. The fraction of sp³-hybridized carbons (Fsp3) is 0.357. The molecule has 1 aliphatic heterocycles. The van der Waals surface area contributed by atoms with Crippen LogP contribution in [0.2, 0.25) is 0 Å². The number of nitrogens with zero attached hydrogens (tertiary/aromatic N) is 2. The highest BCUT2D eigenvalue weighted by molar-refractivity contribution is 5.28. The van der Waals surface area contributed by atoms with Crippen molar-refractivity contribution in [3.05, 3.63) is 47.5 Å². The second-order valence-corrected chi connectivity index (χ2v) is 4.79. The minimum Gasteiger partial charge on any atom is -0.508 e. The van der Waals surface area contributed by atoms with Gasteiger partial charge in [-0.2, -0.15) is 0 Å². The largest absolute Gasteiger partial charge is 0.508 e. The molecule has 0 saturated heterocycles. The van der Waals surface area contributed by atoms with E-state index in [4.69, 9.17) is 0 Å². The summed E-state index contributed by atoms with van der Waals surface area (Å²) in [5, 5.41) is 19.1. The Labute approximate surface area is 106 Å². The van der Waals surface area contributed by atoms with Gasteiger partial charge in [0.05, 0.1) is 5.69 Å². The Kier molecular flexibility index (Phi) is 2.80. The van der Waals surface area contributed by atoms with Crippen LogP contribution in [0.4, 0.5) is 0 Å². The zero-order valence-corrected chi connectivity index (χ0v) is 10.1. The van der Waals surface area contributed by atoms with Gasteiger partial charge in [0, 0.05) is 19.2 Å². The lowest BCUT2D eigenvalue weighted by Crippen LogP contribution is -2.14. The smallest absolute Gasteiger partial charge is 0.137 e. The molecule has 4 heteroatoms. The molecular formula is C14H16N2O2. The van der Waals surface area contributed by atoms with E-state index < -0.39 is 6.10 Å². The van der Waals surface area contributed by atoms with E-state index in [0.29, 0.717) is 0 Å². The first-order valence-electron chi connectivity index (χ1n) is 6.24. The molecule has 4 nitrogen and oxygen atoms in total. The van der Waals surface area contributed by atoms with Crippen molar-refractivity contribution in [3.8, 4) is 5.75 Å². The number of hydrogen-bond donors (Lipinski definition) is 2. The van der Waals surface area contributed by atoms with Crippen molar-refractivity contribution >= 4 is 0 Å². The number of phenolic OH excluding ortho intramolecular Hbond substituents is 1. The van der Waals surface area contributed by atoms with Gasteiger partial charge < -0.3 is 14.8 Å². The zero-order chi connectivity index (χ0) is 12.5. The van der Waals surface area contributed by atoms with Gasteiger partial charge in [-0.05, 0) is 30.5 Å². The molecule has 0 saturated carbocycles. The maximum Gasteiger partial charge on any atom is 0.137 e. The summed E-state index contributed by atoms with van der Waals surface area (Å²) >= 11 is 0. The van der Waals surface area contributed by atoms with Crippen LogP contribution in [0.3, 0.4) is 0 Å². The predicted molar refractivity (Wildman–Crippen MR) is 67.3 cm³/mol. The third-order valence-corrected chi connectivity index (χ3v) is 3.35. The van der Waals surface area contributed by atoms with Gasteiger partial charge in [-0.3, -0.25) is 0 Å². The van der Waals surface area contributed by atoms with E-state index in [-0.39, 0.29) is 5.75 Å². The Hall–Kier alpha value is -1.81. The number of benzene rings is 1. The van der Waals surface area contributed by atoms with Gasteiger partial charge in [0.1, 0.15) is 17.7 Å². The van der Waals surface area contributed by atoms with Gasteiger partial charge in [-0.25, -0.2) is 4.98 Å². The Morgan fingerprint density at radius 2 is 2.06 bits per heavy atom. The number of aromatic hydroxyl groups is 1. The monoisotopic (exact) mass is 244 g/mol. The normalized spacial score (nSPS) is 18.6. The van der Waals surface area contributed by atoms with Crippen LogP contribution in [0.1, 0.15) is 36.0 Å². The Bertz CT molecular complexity index is 545. The number of aromatic nitrogens is 2. The molecular weight excluding hydrogens is 228 g/mol. The lowest BCUT2D eigenvalue weighted by atomic mass is 10.1. The summed E-state index contributed by atoms with van der Waals surface area (Å²) < 4.78 is 2.05. The van der Waals surface area contributed by atoms with E-state index in [9.17, 15) is 10.2 Å². The molecule has 94 valence electrons. The van der Waals surface area contributed by atoms with E-state index in [1.54, 1.807) is 12.1 Å². The van der Waals surface area contributed by atoms with Crippen molar-refractivity contribution in [1.82, 2.24) is 9.55 Å². The van der Waals surface area contributed by atoms with E-state index in [2.05, 4.69) is 4.98 Å². The van der Waals surface area contributed by atoms with Crippen LogP contribution in [-0.2, 0) is 13.0 Å². The quantitative estimate of drug-likeness (QED) is 0.849. The van der Waals surface area contributed by atoms with Crippen LogP contribution in [0.15, 0.2) is 30.5 Å². The van der Waals surface area contributed by atoms with Crippen molar-refractivity contribution in [2.75, 3.05) is 0 Å². The predicted octanol–water partition coefficient (Wildman–Crippen LogP) is 2.01. The van der Waals surface area contributed by atoms with Crippen molar-refractivity contribution in [1.29, 1.82) is 0 Å². The van der Waals surface area contributed by atoms with E-state index in [1.807, 2.05) is 22.9 Å². The molecule has 2 aromatic rings. The molecule has 1 unspecified atom stereocenters. The topological polar surface area (TPSA) is 58.3 Å². The maximum absolute atomic E-state index is 9.86. The summed E-state index contributed by atoms with van der Waals surface area (Å²) in [6.07, 6.45) is 4.13. The molecule has 1 aliphatic rings. The van der Waals surface area contributed by atoms with Crippen LogP contribution in [0.25, 0.3) is 0 Å². The molecule has 0 amide bonds. The Morgan fingerprint density at radius 1 is 1.28 bits per heavy atom. The lowest BCUT2D eigenvalue weighted by molar-refractivity contribution is 0.133. The first-order valence-corrected chi connectivity index (χ1v) is 6.24. The highest BCUT2D eigenvalue weighted by Gasteiger charge is 2.20. The van der Waals surface area contributed by atoms with Crippen LogP contribution < -0.4 is 0 Å². The van der Waals surface area contributed by atoms with E-state index >= 15 is 0 Å². The van der Waals surface area contributed by atoms with Crippen LogP contribution in [-0.4, -0.2) is 19.8 Å². The standard InChI is InChI=1S/C14H16N2O2/c17-12-5-3-10(4-6-12)8-11-9-16-7-1-2-13(18)14(16)15-11/h3-6,9,13,17-18H,1-2,7-8H2. The molecule has 0 aliphatic carbocycles. The fourth-order valence-corrected chi connectivity index (χ4v) is 2.42. The molecule has 1 aromatic heterocycles.